The average Bonchev–Trinajstić information content (AvgIpc) is 2.54. The highest BCUT2D eigenvalue weighted by Crippen LogP contribution is 2.22. The van der Waals surface area contributed by atoms with E-state index in [1.54, 1.807) is 13.8 Å². The molecule has 108 valence electrons. The number of rotatable bonds is 3. The number of nitrogens with two attached hydrogens (primary N) is 1. The van der Waals surface area contributed by atoms with E-state index in [4.69, 9.17) is 5.73 Å². The molecule has 0 aliphatic carbocycles. The van der Waals surface area contributed by atoms with Crippen molar-refractivity contribution in [2.45, 2.75) is 25.4 Å². The number of imide groups is 1. The second-order valence-corrected chi connectivity index (χ2v) is 5.24. The summed E-state index contributed by atoms with van der Waals surface area (Å²) in [5, 5.41) is 2.49. The molecule has 1 saturated heterocycles. The fourth-order valence-electron chi connectivity index (χ4n) is 2.08. The van der Waals surface area contributed by atoms with Crippen molar-refractivity contribution in [3.8, 4) is 0 Å². The summed E-state index contributed by atoms with van der Waals surface area (Å²) in [7, 11) is 0. The Kier molecular flexibility index (Phi) is 3.47. The van der Waals surface area contributed by atoms with Crippen molar-refractivity contribution in [2.24, 2.45) is 5.73 Å². The number of halogens is 2. The molecule has 1 atom stereocenters. The molecule has 1 fully saturated rings. The number of hydrogen-bond donors (Lipinski definition) is 2. The van der Waals surface area contributed by atoms with E-state index < -0.39 is 35.2 Å². The van der Waals surface area contributed by atoms with Crippen molar-refractivity contribution in [1.29, 1.82) is 0 Å². The van der Waals surface area contributed by atoms with E-state index in [1.165, 1.54) is 0 Å². The fourth-order valence-corrected chi connectivity index (χ4v) is 2.08. The lowest BCUT2D eigenvalue weighted by molar-refractivity contribution is -0.130. The van der Waals surface area contributed by atoms with Crippen molar-refractivity contribution in [3.63, 3.8) is 0 Å². The Balaban J connectivity index is 2.20. The van der Waals surface area contributed by atoms with Gasteiger partial charge in [0, 0.05) is 12.1 Å². The Bertz CT molecular complexity index is 575. The zero-order chi connectivity index (χ0) is 15.1. The molecule has 1 heterocycles. The monoisotopic (exact) mass is 283 g/mol. The van der Waals surface area contributed by atoms with E-state index in [1.807, 2.05) is 0 Å². The molecule has 1 aromatic carbocycles. The van der Waals surface area contributed by atoms with Gasteiger partial charge in [-0.05, 0) is 32.0 Å². The molecule has 1 aliphatic rings. The van der Waals surface area contributed by atoms with Gasteiger partial charge in [-0.3, -0.25) is 9.69 Å². The molecule has 5 nitrogen and oxygen atoms in total. The van der Waals surface area contributed by atoms with E-state index >= 15 is 0 Å². The maximum atomic E-state index is 13.6. The quantitative estimate of drug-likeness (QED) is 0.821. The predicted molar refractivity (Wildman–Crippen MR) is 67.6 cm³/mol. The van der Waals surface area contributed by atoms with Crippen LogP contribution in [0.2, 0.25) is 0 Å². The van der Waals surface area contributed by atoms with Crippen molar-refractivity contribution in [2.75, 3.05) is 6.54 Å². The molecule has 3 amide bonds. The van der Waals surface area contributed by atoms with E-state index in [9.17, 15) is 18.4 Å². The van der Waals surface area contributed by atoms with Crippen LogP contribution in [0.25, 0.3) is 0 Å². The van der Waals surface area contributed by atoms with Crippen LogP contribution in [0.15, 0.2) is 18.2 Å². The molecule has 3 N–H and O–H groups in total. The van der Waals surface area contributed by atoms with Gasteiger partial charge in [0.1, 0.15) is 17.2 Å². The van der Waals surface area contributed by atoms with Gasteiger partial charge in [-0.25, -0.2) is 13.6 Å². The third kappa shape index (κ3) is 2.49. The summed E-state index contributed by atoms with van der Waals surface area (Å²) in [6.07, 6.45) is 0. The van der Waals surface area contributed by atoms with Gasteiger partial charge in [-0.1, -0.05) is 0 Å². The smallest absolute Gasteiger partial charge is 0.324 e. The zero-order valence-electron chi connectivity index (χ0n) is 11.1. The summed E-state index contributed by atoms with van der Waals surface area (Å²) in [4.78, 5) is 24.6. The molecular weight excluding hydrogens is 268 g/mol. The minimum atomic E-state index is -1.02. The van der Waals surface area contributed by atoms with Crippen molar-refractivity contribution >= 4 is 11.9 Å². The maximum Gasteiger partial charge on any atom is 0.325 e. The molecular formula is C13H15F2N3O2. The molecule has 20 heavy (non-hydrogen) atoms. The van der Waals surface area contributed by atoms with Gasteiger partial charge in [-0.15, -0.1) is 0 Å². The summed E-state index contributed by atoms with van der Waals surface area (Å²) < 4.78 is 26.7. The van der Waals surface area contributed by atoms with Crippen molar-refractivity contribution in [3.05, 3.63) is 35.4 Å². The summed E-state index contributed by atoms with van der Waals surface area (Å²) in [6, 6.07) is 1.31. The molecule has 0 spiro atoms. The van der Waals surface area contributed by atoms with Gasteiger partial charge in [0.05, 0.1) is 6.04 Å². The van der Waals surface area contributed by atoms with Crippen molar-refractivity contribution < 1.29 is 18.4 Å². The lowest BCUT2D eigenvalue weighted by Gasteiger charge is -2.20. The fraction of sp³-hybridized carbons (Fsp3) is 0.385. The van der Waals surface area contributed by atoms with Gasteiger partial charge in [-0.2, -0.15) is 0 Å². The van der Waals surface area contributed by atoms with Gasteiger partial charge in [0.25, 0.3) is 5.91 Å². The number of nitrogens with zero attached hydrogens (tertiary/aromatic N) is 1. The number of urea groups is 1. The summed E-state index contributed by atoms with van der Waals surface area (Å²) >= 11 is 0. The topological polar surface area (TPSA) is 75.4 Å². The number of carbonyl (C=O) groups excluding carboxylic acids is 2. The Labute approximate surface area is 114 Å². The van der Waals surface area contributed by atoms with Crippen molar-refractivity contribution in [1.82, 2.24) is 10.2 Å². The first-order valence-corrected chi connectivity index (χ1v) is 6.07. The largest absolute Gasteiger partial charge is 0.325 e. The molecule has 1 aromatic rings. The van der Waals surface area contributed by atoms with E-state index in [0.29, 0.717) is 0 Å². The highest BCUT2D eigenvalue weighted by Gasteiger charge is 2.44. The van der Waals surface area contributed by atoms with Gasteiger partial charge >= 0.3 is 6.03 Å². The molecule has 1 aliphatic heterocycles. The van der Waals surface area contributed by atoms with E-state index in [2.05, 4.69) is 5.32 Å². The Morgan fingerprint density at radius 1 is 1.35 bits per heavy atom. The number of amides is 3. The van der Waals surface area contributed by atoms with Crippen LogP contribution >= 0.6 is 0 Å². The number of carbonyl (C=O) groups is 2. The van der Waals surface area contributed by atoms with Crippen LogP contribution in [0.4, 0.5) is 13.6 Å². The van der Waals surface area contributed by atoms with Crippen LogP contribution in [-0.4, -0.2) is 28.9 Å². The predicted octanol–water partition coefficient (Wildman–Crippen LogP) is 1.30. The average molecular weight is 283 g/mol. The Morgan fingerprint density at radius 2 is 2.00 bits per heavy atom. The summed E-state index contributed by atoms with van der Waals surface area (Å²) in [5.41, 5.74) is 4.69. The highest BCUT2D eigenvalue weighted by molar-refractivity contribution is 6.06. The van der Waals surface area contributed by atoms with E-state index in [-0.39, 0.29) is 12.1 Å². The molecule has 0 aromatic heterocycles. The minimum absolute atomic E-state index is 0.0738. The number of benzene rings is 1. The lowest BCUT2D eigenvalue weighted by Crippen LogP contribution is -2.41. The van der Waals surface area contributed by atoms with Crippen LogP contribution in [0.1, 0.15) is 25.5 Å². The second kappa shape index (κ2) is 4.82. The van der Waals surface area contributed by atoms with Gasteiger partial charge in [0.15, 0.2) is 0 Å². The summed E-state index contributed by atoms with van der Waals surface area (Å²) in [6.45, 7) is 2.90. The van der Waals surface area contributed by atoms with Crippen LogP contribution in [0.5, 0.6) is 0 Å². The standard InChI is InChI=1S/C13H15F2N3O2/c1-13(2)11(19)18(12(20)17-13)6-10(16)8-5-7(14)3-4-9(8)15/h3-5,10H,6,16H2,1-2H3,(H,17,20). The molecule has 0 bridgehead atoms. The minimum Gasteiger partial charge on any atom is -0.324 e. The normalized spacial score (nSPS) is 19.1. The maximum absolute atomic E-state index is 13.6. The zero-order valence-corrected chi connectivity index (χ0v) is 11.1. The summed E-state index contributed by atoms with van der Waals surface area (Å²) in [5.74, 6) is -1.76. The third-order valence-corrected chi connectivity index (χ3v) is 3.18. The molecule has 7 heteroatoms. The molecule has 2 rings (SSSR count). The SMILES string of the molecule is CC1(C)NC(=O)N(CC(N)c2cc(F)ccc2F)C1=O. The van der Waals surface area contributed by atoms with Crippen LogP contribution < -0.4 is 11.1 Å². The number of nitrogens with one attached hydrogen (secondary N) is 1. The van der Waals surface area contributed by atoms with E-state index in [0.717, 1.165) is 23.1 Å². The highest BCUT2D eigenvalue weighted by atomic mass is 19.1. The first-order valence-electron chi connectivity index (χ1n) is 6.07. The third-order valence-electron chi connectivity index (χ3n) is 3.18. The molecule has 1 unspecified atom stereocenters. The number of hydrogen-bond acceptors (Lipinski definition) is 3. The first kappa shape index (κ1) is 14.4. The first-order chi connectivity index (χ1) is 9.22. The lowest BCUT2D eigenvalue weighted by atomic mass is 10.0. The Morgan fingerprint density at radius 3 is 2.55 bits per heavy atom. The van der Waals surface area contributed by atoms with Gasteiger partial charge < -0.3 is 11.1 Å². The van der Waals surface area contributed by atoms with Gasteiger partial charge in [0.2, 0.25) is 0 Å². The second-order valence-electron chi connectivity index (χ2n) is 5.24. The van der Waals surface area contributed by atoms with Crippen LogP contribution in [0, 0.1) is 11.6 Å². The Hall–Kier alpha value is -2.02. The van der Waals surface area contributed by atoms with Crippen LogP contribution in [-0.2, 0) is 4.79 Å². The van der Waals surface area contributed by atoms with Crippen LogP contribution in [0.3, 0.4) is 0 Å². The molecule has 0 radical (unpaired) electrons. The molecule has 0 saturated carbocycles.